The molecule has 0 aromatic carbocycles. The minimum absolute atomic E-state index is 0.0381. The third-order valence-electron chi connectivity index (χ3n) is 7.18. The van der Waals surface area contributed by atoms with Gasteiger partial charge in [0, 0.05) is 58.0 Å². The Kier molecular flexibility index (Phi) is 9.03. The number of aromatic nitrogens is 1. The summed E-state index contributed by atoms with van der Waals surface area (Å²) in [5.41, 5.74) is 5.01. The average Bonchev–Trinajstić information content (AvgIpc) is 3.27. The first-order valence-electron chi connectivity index (χ1n) is 12.6. The van der Waals surface area contributed by atoms with Crippen molar-refractivity contribution in [1.82, 2.24) is 26.1 Å². The van der Waals surface area contributed by atoms with Crippen LogP contribution in [0.1, 0.15) is 24.8 Å². The Hall–Kier alpha value is -2.99. The Morgan fingerprint density at radius 3 is 2.61 bits per heavy atom. The number of carbonyl (C=O) groups is 2. The van der Waals surface area contributed by atoms with Crippen LogP contribution in [0, 0.1) is 17.2 Å². The van der Waals surface area contributed by atoms with Gasteiger partial charge in [-0.3, -0.25) is 15.0 Å². The van der Waals surface area contributed by atoms with Crippen LogP contribution in [-0.2, 0) is 19.1 Å². The summed E-state index contributed by atoms with van der Waals surface area (Å²) in [6.45, 7) is 1.89. The van der Waals surface area contributed by atoms with Crippen LogP contribution in [0.25, 0.3) is 0 Å². The number of hydrogen-bond acceptors (Lipinski definition) is 9. The maximum atomic E-state index is 13.5. The molecule has 14 heteroatoms. The summed E-state index contributed by atoms with van der Waals surface area (Å²) in [7, 11) is 1.42. The Balaban J connectivity index is 1.28. The van der Waals surface area contributed by atoms with Gasteiger partial charge in [0.05, 0.1) is 24.8 Å². The molecular weight excluding hydrogens is 507 g/mol. The number of ether oxygens (including phenoxy) is 2. The first kappa shape index (κ1) is 28.0. The molecule has 3 fully saturated rings. The van der Waals surface area contributed by atoms with Crippen LogP contribution in [-0.4, -0.2) is 98.6 Å². The highest BCUT2D eigenvalue weighted by Crippen LogP contribution is 2.31. The second kappa shape index (κ2) is 12.2. The Labute approximate surface area is 218 Å². The fraction of sp³-hybridized carbons (Fsp3) is 0.667. The van der Waals surface area contributed by atoms with Gasteiger partial charge in [-0.25, -0.2) is 10.4 Å². The van der Waals surface area contributed by atoms with E-state index < -0.39 is 36.2 Å². The number of methoxy groups -OCH3 is 1. The smallest absolute Gasteiger partial charge is 0.383 e. The molecule has 0 bridgehead atoms. The summed E-state index contributed by atoms with van der Waals surface area (Å²) >= 11 is 0. The molecule has 4 heterocycles. The number of nitrogens with one attached hydrogen (secondary N) is 3. The van der Waals surface area contributed by atoms with Gasteiger partial charge >= 0.3 is 6.18 Å². The summed E-state index contributed by atoms with van der Waals surface area (Å²) in [4.78, 5) is 33.2. The number of anilines is 1. The minimum atomic E-state index is -4.71. The predicted molar refractivity (Wildman–Crippen MR) is 129 cm³/mol. The number of nitrogens with zero attached hydrogens (tertiary/aromatic N) is 4. The number of pyridine rings is 1. The topological polar surface area (TPSA) is 132 Å². The van der Waals surface area contributed by atoms with E-state index in [-0.39, 0.29) is 31.7 Å². The Morgan fingerprint density at radius 2 is 1.97 bits per heavy atom. The van der Waals surface area contributed by atoms with Crippen LogP contribution in [0.4, 0.5) is 19.0 Å². The quantitative estimate of drug-likeness (QED) is 0.406. The molecule has 0 spiro atoms. The number of nitriles is 1. The van der Waals surface area contributed by atoms with Crippen molar-refractivity contribution in [3.05, 3.63) is 23.9 Å². The zero-order valence-electron chi connectivity index (χ0n) is 21.0. The molecule has 1 aromatic heterocycles. The van der Waals surface area contributed by atoms with Crippen LogP contribution >= 0.6 is 0 Å². The van der Waals surface area contributed by atoms with Crippen molar-refractivity contribution < 1.29 is 32.2 Å². The molecule has 208 valence electrons. The van der Waals surface area contributed by atoms with Gasteiger partial charge in [-0.2, -0.15) is 18.4 Å². The van der Waals surface area contributed by atoms with Crippen molar-refractivity contribution >= 4 is 17.6 Å². The van der Waals surface area contributed by atoms with E-state index in [1.165, 1.54) is 7.11 Å². The number of piperidine rings is 1. The first-order chi connectivity index (χ1) is 18.2. The lowest BCUT2D eigenvalue weighted by Gasteiger charge is -2.37. The highest BCUT2D eigenvalue weighted by molar-refractivity contribution is 5.83. The fourth-order valence-electron chi connectivity index (χ4n) is 5.28. The number of halogens is 3. The van der Waals surface area contributed by atoms with Gasteiger partial charge in [-0.05, 0) is 25.0 Å². The fourth-order valence-corrected chi connectivity index (χ4v) is 5.28. The van der Waals surface area contributed by atoms with E-state index in [1.807, 2.05) is 16.4 Å². The van der Waals surface area contributed by atoms with Gasteiger partial charge in [0.2, 0.25) is 5.91 Å². The van der Waals surface area contributed by atoms with Crippen molar-refractivity contribution in [2.24, 2.45) is 5.92 Å². The number of amides is 2. The molecular formula is C24H32F3N7O4. The van der Waals surface area contributed by atoms with E-state index in [0.717, 1.165) is 31.7 Å². The molecule has 38 heavy (non-hydrogen) atoms. The van der Waals surface area contributed by atoms with Crippen molar-refractivity contribution in [3.63, 3.8) is 0 Å². The third kappa shape index (κ3) is 6.52. The highest BCUT2D eigenvalue weighted by atomic mass is 19.4. The highest BCUT2D eigenvalue weighted by Gasteiger charge is 2.51. The lowest BCUT2D eigenvalue weighted by molar-refractivity contribution is -0.193. The summed E-state index contributed by atoms with van der Waals surface area (Å²) in [5.74, 6) is -2.69. The zero-order chi connectivity index (χ0) is 27.3. The lowest BCUT2D eigenvalue weighted by atomic mass is 9.96. The molecule has 2 unspecified atom stereocenters. The molecule has 3 saturated heterocycles. The largest absolute Gasteiger partial charge is 0.402 e. The normalized spacial score (nSPS) is 25.8. The summed E-state index contributed by atoms with van der Waals surface area (Å²) in [6.07, 6.45) is -1.82. The summed E-state index contributed by atoms with van der Waals surface area (Å²) < 4.78 is 51.4. The van der Waals surface area contributed by atoms with Crippen molar-refractivity contribution in [2.75, 3.05) is 51.4 Å². The van der Waals surface area contributed by atoms with E-state index in [4.69, 9.17) is 14.7 Å². The van der Waals surface area contributed by atoms with Gasteiger partial charge in [-0.1, -0.05) is 0 Å². The minimum Gasteiger partial charge on any atom is -0.383 e. The first-order valence-corrected chi connectivity index (χ1v) is 12.6. The van der Waals surface area contributed by atoms with Crippen LogP contribution in [0.5, 0.6) is 0 Å². The summed E-state index contributed by atoms with van der Waals surface area (Å²) in [5, 5.41) is 11.8. The van der Waals surface area contributed by atoms with Gasteiger partial charge in [0.15, 0.2) is 5.92 Å². The molecule has 3 N–H and O–H groups in total. The molecule has 2 amide bonds. The SMILES string of the molecule is COC[C@@H](CO[C@@H]1CCN(C2CCN(c3ccc(C#N)cn3)CC2)C1=O)NC1CNNC(=O)C1C(F)(F)F. The molecule has 11 nitrogen and oxygen atoms in total. The molecule has 4 atom stereocenters. The predicted octanol–water partition coefficient (Wildman–Crippen LogP) is 0.326. The molecule has 3 aliphatic heterocycles. The van der Waals surface area contributed by atoms with Crippen molar-refractivity contribution in [3.8, 4) is 6.07 Å². The maximum absolute atomic E-state index is 13.5. The van der Waals surface area contributed by atoms with Gasteiger partial charge in [0.25, 0.3) is 5.91 Å². The second-order valence-electron chi connectivity index (χ2n) is 9.69. The lowest BCUT2D eigenvalue weighted by Crippen LogP contribution is -2.65. The number of likely N-dealkylation sites (tertiary alicyclic amines) is 1. The van der Waals surface area contributed by atoms with Crippen molar-refractivity contribution in [1.29, 1.82) is 5.26 Å². The van der Waals surface area contributed by atoms with Crippen LogP contribution in [0.3, 0.4) is 0 Å². The maximum Gasteiger partial charge on any atom is 0.402 e. The standard InChI is InChI=1S/C24H32F3N7O4/c1-37-13-16(31-18-12-30-32-22(35)21(18)24(25,26)27)14-38-19-6-9-34(23(19)36)17-4-7-33(8-5-17)20-3-2-15(10-28)11-29-20/h2-3,11,16-19,21,30-31H,4-9,12-14H2,1H3,(H,32,35)/t16-,18?,19+,21?/m0/s1. The molecule has 1 aromatic rings. The Morgan fingerprint density at radius 1 is 1.21 bits per heavy atom. The number of alkyl halides is 3. The second-order valence-corrected chi connectivity index (χ2v) is 9.69. The molecule has 0 aliphatic carbocycles. The average molecular weight is 540 g/mol. The van der Waals surface area contributed by atoms with E-state index in [2.05, 4.69) is 26.7 Å². The number of hydrazine groups is 1. The van der Waals surface area contributed by atoms with Crippen LogP contribution in [0.15, 0.2) is 18.3 Å². The van der Waals surface area contributed by atoms with E-state index in [0.29, 0.717) is 18.5 Å². The van der Waals surface area contributed by atoms with E-state index in [9.17, 15) is 22.8 Å². The van der Waals surface area contributed by atoms with Crippen LogP contribution < -0.4 is 21.1 Å². The number of rotatable bonds is 9. The molecule has 4 rings (SSSR count). The third-order valence-corrected chi connectivity index (χ3v) is 7.18. The molecule has 0 saturated carbocycles. The molecule has 3 aliphatic rings. The number of carbonyl (C=O) groups excluding carboxylic acids is 2. The van der Waals surface area contributed by atoms with E-state index in [1.54, 1.807) is 12.3 Å². The zero-order valence-corrected chi connectivity index (χ0v) is 21.0. The van der Waals surface area contributed by atoms with E-state index >= 15 is 0 Å². The monoisotopic (exact) mass is 539 g/mol. The van der Waals surface area contributed by atoms with Gasteiger partial charge in [-0.15, -0.1) is 0 Å². The molecule has 0 radical (unpaired) electrons. The Bertz CT molecular complexity index is 1010. The number of hydrogen-bond donors (Lipinski definition) is 3. The summed E-state index contributed by atoms with van der Waals surface area (Å²) in [6, 6.07) is 3.82. The van der Waals surface area contributed by atoms with Gasteiger partial charge < -0.3 is 24.6 Å². The van der Waals surface area contributed by atoms with Crippen LogP contribution in [0.2, 0.25) is 0 Å². The van der Waals surface area contributed by atoms with Crippen molar-refractivity contribution in [2.45, 2.75) is 49.7 Å². The van der Waals surface area contributed by atoms with Gasteiger partial charge in [0.1, 0.15) is 18.0 Å².